The Bertz CT molecular complexity index is 949. The Balaban J connectivity index is 1.96. The number of rotatable bonds is 3. The van der Waals surface area contributed by atoms with Crippen molar-refractivity contribution in [2.24, 2.45) is 7.05 Å². The molecular weight excluding hydrogens is 322 g/mol. The molecule has 3 rings (SSSR count). The Labute approximate surface area is 144 Å². The molecule has 1 heterocycles. The Kier molecular flexibility index (Phi) is 4.32. The van der Waals surface area contributed by atoms with E-state index in [1.165, 1.54) is 0 Å². The molecule has 0 fully saturated rings. The fraction of sp³-hybridized carbons (Fsp3) is 0.0556. The third kappa shape index (κ3) is 3.00. The zero-order valence-electron chi connectivity index (χ0n) is 12.9. The smallest absolute Gasteiger partial charge is 0.163 e. The van der Waals surface area contributed by atoms with Gasteiger partial charge >= 0.3 is 0 Å². The number of nitrogens with zero attached hydrogens (tertiary/aromatic N) is 4. The van der Waals surface area contributed by atoms with Gasteiger partial charge < -0.3 is 10.3 Å². The lowest BCUT2D eigenvalue weighted by molar-refractivity contribution is 0.905. The number of nitrogens with two attached hydrogens (primary N) is 1. The van der Waals surface area contributed by atoms with Crippen molar-refractivity contribution in [2.75, 3.05) is 5.73 Å². The first-order valence-electron chi connectivity index (χ1n) is 7.22. The van der Waals surface area contributed by atoms with Gasteiger partial charge in [-0.05, 0) is 48.6 Å². The van der Waals surface area contributed by atoms with Gasteiger partial charge in [-0.3, -0.25) is 0 Å². The molecule has 0 radical (unpaired) electrons. The highest BCUT2D eigenvalue weighted by Crippen LogP contribution is 2.23. The lowest BCUT2D eigenvalue weighted by Gasteiger charge is -2.03. The van der Waals surface area contributed by atoms with Gasteiger partial charge in [-0.25, -0.2) is 0 Å². The van der Waals surface area contributed by atoms with Crippen molar-refractivity contribution >= 4 is 29.4 Å². The summed E-state index contributed by atoms with van der Waals surface area (Å²) in [4.78, 5) is 0. The molecule has 5 nitrogen and oxygen atoms in total. The summed E-state index contributed by atoms with van der Waals surface area (Å²) in [7, 11) is 1.88. The summed E-state index contributed by atoms with van der Waals surface area (Å²) in [5, 5.41) is 18.1. The lowest BCUT2D eigenvalue weighted by atomic mass is 10.1. The number of anilines is 1. The van der Waals surface area contributed by atoms with Gasteiger partial charge in [0, 0.05) is 28.9 Å². The van der Waals surface area contributed by atoms with E-state index in [-0.39, 0.29) is 0 Å². The number of benzene rings is 2. The number of aromatic nitrogens is 3. The molecule has 24 heavy (non-hydrogen) atoms. The number of hydrogen-bond donors (Lipinski definition) is 1. The summed E-state index contributed by atoms with van der Waals surface area (Å²) in [5.74, 6) is 1.39. The molecule has 2 aromatic carbocycles. The minimum Gasteiger partial charge on any atom is -0.399 e. The highest BCUT2D eigenvalue weighted by molar-refractivity contribution is 6.32. The summed E-state index contributed by atoms with van der Waals surface area (Å²) in [6.45, 7) is 0. The fourth-order valence-electron chi connectivity index (χ4n) is 2.33. The van der Waals surface area contributed by atoms with Crippen LogP contribution in [0.1, 0.15) is 17.0 Å². The number of halogens is 1. The number of hydrogen-bond acceptors (Lipinski definition) is 4. The molecule has 0 unspecified atom stereocenters. The maximum absolute atomic E-state index is 9.18. The van der Waals surface area contributed by atoms with E-state index in [1.807, 2.05) is 35.9 Å². The van der Waals surface area contributed by atoms with Crippen LogP contribution >= 0.6 is 11.6 Å². The molecule has 3 aromatic rings. The van der Waals surface area contributed by atoms with Crippen molar-refractivity contribution in [2.45, 2.75) is 0 Å². The van der Waals surface area contributed by atoms with Crippen LogP contribution in [0.25, 0.3) is 23.5 Å². The Morgan fingerprint density at radius 1 is 1.12 bits per heavy atom. The molecule has 0 aliphatic heterocycles. The molecule has 0 aliphatic rings. The van der Waals surface area contributed by atoms with Crippen molar-refractivity contribution in [3.8, 4) is 17.5 Å². The SMILES string of the molecule is Cn1c(C=Cc2c(Cl)cccc2C#N)nnc1-c1ccc(N)cc1. The van der Waals surface area contributed by atoms with Gasteiger partial charge in [0.2, 0.25) is 0 Å². The Hall–Kier alpha value is -3.10. The maximum atomic E-state index is 9.18. The summed E-state index contributed by atoms with van der Waals surface area (Å²) >= 11 is 6.17. The molecular formula is C18H14ClN5. The normalized spacial score (nSPS) is 10.9. The standard InChI is InChI=1S/C18H14ClN5/c1-24-17(10-9-15-13(11-20)3-2-4-16(15)19)22-23-18(24)12-5-7-14(21)8-6-12/h2-10H,21H2,1H3. The van der Waals surface area contributed by atoms with E-state index >= 15 is 0 Å². The van der Waals surface area contributed by atoms with Crippen LogP contribution < -0.4 is 5.73 Å². The summed E-state index contributed by atoms with van der Waals surface area (Å²) in [6, 6.07) is 14.8. The van der Waals surface area contributed by atoms with E-state index in [0.717, 1.165) is 11.4 Å². The highest BCUT2D eigenvalue weighted by atomic mass is 35.5. The van der Waals surface area contributed by atoms with Crippen LogP contribution in [0.15, 0.2) is 42.5 Å². The predicted octanol–water partition coefficient (Wildman–Crippen LogP) is 3.76. The van der Waals surface area contributed by atoms with Gasteiger partial charge in [-0.2, -0.15) is 5.26 Å². The van der Waals surface area contributed by atoms with Gasteiger partial charge in [0.05, 0.1) is 11.6 Å². The average Bonchev–Trinajstić information content (AvgIpc) is 2.95. The molecule has 6 heteroatoms. The van der Waals surface area contributed by atoms with Gasteiger partial charge in [-0.1, -0.05) is 17.7 Å². The quantitative estimate of drug-likeness (QED) is 0.739. The molecule has 0 amide bonds. The molecule has 0 atom stereocenters. The minimum atomic E-state index is 0.514. The second-order valence-corrected chi connectivity index (χ2v) is 5.62. The third-order valence-corrected chi connectivity index (χ3v) is 3.98. The van der Waals surface area contributed by atoms with Crippen LogP contribution in [0.2, 0.25) is 5.02 Å². The monoisotopic (exact) mass is 335 g/mol. The van der Waals surface area contributed by atoms with E-state index in [9.17, 15) is 5.26 Å². The lowest BCUT2D eigenvalue weighted by Crippen LogP contribution is -1.95. The zero-order chi connectivity index (χ0) is 17.1. The zero-order valence-corrected chi connectivity index (χ0v) is 13.7. The van der Waals surface area contributed by atoms with E-state index in [0.29, 0.717) is 27.7 Å². The number of nitriles is 1. The molecule has 0 spiro atoms. The van der Waals surface area contributed by atoms with Crippen molar-refractivity contribution in [1.82, 2.24) is 14.8 Å². The first kappa shape index (κ1) is 15.8. The van der Waals surface area contributed by atoms with Crippen LogP contribution in [-0.2, 0) is 7.05 Å². The molecule has 0 bridgehead atoms. The van der Waals surface area contributed by atoms with Gasteiger partial charge in [0.1, 0.15) is 0 Å². The van der Waals surface area contributed by atoms with Crippen molar-refractivity contribution in [3.63, 3.8) is 0 Å². The van der Waals surface area contributed by atoms with E-state index in [4.69, 9.17) is 17.3 Å². The fourth-order valence-corrected chi connectivity index (χ4v) is 2.57. The Morgan fingerprint density at radius 3 is 2.58 bits per heavy atom. The van der Waals surface area contributed by atoms with Gasteiger partial charge in [0.15, 0.2) is 11.6 Å². The Morgan fingerprint density at radius 2 is 1.88 bits per heavy atom. The van der Waals surface area contributed by atoms with Crippen LogP contribution in [0.4, 0.5) is 5.69 Å². The van der Waals surface area contributed by atoms with Gasteiger partial charge in [-0.15, -0.1) is 10.2 Å². The van der Waals surface area contributed by atoms with Crippen molar-refractivity contribution < 1.29 is 0 Å². The first-order valence-corrected chi connectivity index (χ1v) is 7.60. The second kappa shape index (κ2) is 6.57. The molecule has 0 aliphatic carbocycles. The van der Waals surface area contributed by atoms with Crippen LogP contribution in [0.3, 0.4) is 0 Å². The van der Waals surface area contributed by atoms with E-state index in [1.54, 1.807) is 30.4 Å². The summed E-state index contributed by atoms with van der Waals surface area (Å²) < 4.78 is 1.87. The van der Waals surface area contributed by atoms with E-state index < -0.39 is 0 Å². The van der Waals surface area contributed by atoms with Crippen LogP contribution in [-0.4, -0.2) is 14.8 Å². The second-order valence-electron chi connectivity index (χ2n) is 5.21. The van der Waals surface area contributed by atoms with Crippen LogP contribution in [0, 0.1) is 11.3 Å². The van der Waals surface area contributed by atoms with Crippen molar-refractivity contribution in [3.05, 3.63) is 64.4 Å². The molecule has 2 N–H and O–H groups in total. The molecule has 118 valence electrons. The highest BCUT2D eigenvalue weighted by Gasteiger charge is 2.09. The van der Waals surface area contributed by atoms with Crippen LogP contribution in [0.5, 0.6) is 0 Å². The largest absolute Gasteiger partial charge is 0.399 e. The number of nitrogen functional groups attached to an aromatic ring is 1. The third-order valence-electron chi connectivity index (χ3n) is 3.65. The molecule has 0 saturated carbocycles. The van der Waals surface area contributed by atoms with Gasteiger partial charge in [0.25, 0.3) is 0 Å². The summed E-state index contributed by atoms with van der Waals surface area (Å²) in [5.41, 5.74) is 8.51. The summed E-state index contributed by atoms with van der Waals surface area (Å²) in [6.07, 6.45) is 3.56. The molecule has 1 aromatic heterocycles. The minimum absolute atomic E-state index is 0.514. The first-order chi connectivity index (χ1) is 11.6. The molecule has 0 saturated heterocycles. The predicted molar refractivity (Wildman–Crippen MR) is 95.9 cm³/mol. The maximum Gasteiger partial charge on any atom is 0.163 e. The average molecular weight is 336 g/mol. The topological polar surface area (TPSA) is 80.5 Å². The van der Waals surface area contributed by atoms with E-state index in [2.05, 4.69) is 16.3 Å². The van der Waals surface area contributed by atoms with Crippen molar-refractivity contribution in [1.29, 1.82) is 5.26 Å².